The van der Waals surface area contributed by atoms with Crippen molar-refractivity contribution < 1.29 is 9.59 Å². The molecule has 3 nitrogen and oxygen atoms in total. The number of carbonyl (C=O) groups is 2. The molecule has 2 heterocycles. The van der Waals surface area contributed by atoms with E-state index in [1.807, 2.05) is 16.8 Å². The van der Waals surface area contributed by atoms with E-state index in [-0.39, 0.29) is 0 Å². The van der Waals surface area contributed by atoms with Crippen molar-refractivity contribution in [1.29, 1.82) is 0 Å². The number of hydrogen-bond acceptors (Lipinski definition) is 3. The van der Waals surface area contributed by atoms with Crippen LogP contribution in [0.25, 0.3) is 11.3 Å². The van der Waals surface area contributed by atoms with Crippen LogP contribution in [-0.2, 0) is 0 Å². The van der Waals surface area contributed by atoms with Crippen LogP contribution in [0, 0.1) is 6.92 Å². The minimum absolute atomic E-state index is 0.471. The molecule has 0 saturated carbocycles. The van der Waals surface area contributed by atoms with Crippen LogP contribution < -0.4 is 0 Å². The van der Waals surface area contributed by atoms with Crippen molar-refractivity contribution in [2.45, 2.75) is 6.92 Å². The summed E-state index contributed by atoms with van der Waals surface area (Å²) in [4.78, 5) is 24.6. The minimum atomic E-state index is 0.471. The van der Waals surface area contributed by atoms with E-state index in [1.54, 1.807) is 18.3 Å². The van der Waals surface area contributed by atoms with Gasteiger partial charge in [0.25, 0.3) is 0 Å². The number of aromatic nitrogens is 1. The Morgan fingerprint density at radius 3 is 2.67 bits per heavy atom. The third kappa shape index (κ3) is 1.53. The number of hydrogen-bond donors (Lipinski definition) is 1. The van der Waals surface area contributed by atoms with Gasteiger partial charge in [0, 0.05) is 16.5 Å². The van der Waals surface area contributed by atoms with Gasteiger partial charge in [-0.25, -0.2) is 0 Å². The predicted molar refractivity (Wildman–Crippen MR) is 59.6 cm³/mol. The van der Waals surface area contributed by atoms with E-state index in [0.29, 0.717) is 16.8 Å². The van der Waals surface area contributed by atoms with Crippen LogP contribution in [0.4, 0.5) is 0 Å². The summed E-state index contributed by atoms with van der Waals surface area (Å²) in [6.45, 7) is 1.76. The lowest BCUT2D eigenvalue weighted by atomic mass is 10.1. The topological polar surface area (TPSA) is 49.9 Å². The second kappa shape index (κ2) is 3.82. The van der Waals surface area contributed by atoms with Gasteiger partial charge in [-0.1, -0.05) is 0 Å². The fourth-order valence-corrected chi connectivity index (χ4v) is 2.17. The first-order valence-electron chi connectivity index (χ1n) is 4.43. The largest absolute Gasteiger partial charge is 0.352 e. The standard InChI is InChI=1S/C11H9NO2S/c1-7-9(4-13)11(12-10(7)5-14)8-2-3-15-6-8/h2-6,12H,1H3. The van der Waals surface area contributed by atoms with Gasteiger partial charge in [-0.2, -0.15) is 11.3 Å². The Morgan fingerprint density at radius 1 is 1.33 bits per heavy atom. The van der Waals surface area contributed by atoms with Crippen LogP contribution in [0.15, 0.2) is 16.8 Å². The number of nitrogens with one attached hydrogen (secondary N) is 1. The monoisotopic (exact) mass is 219 g/mol. The lowest BCUT2D eigenvalue weighted by Gasteiger charge is -1.94. The molecule has 15 heavy (non-hydrogen) atoms. The van der Waals surface area contributed by atoms with E-state index in [2.05, 4.69) is 4.98 Å². The summed E-state index contributed by atoms with van der Waals surface area (Å²) < 4.78 is 0. The maximum atomic E-state index is 10.9. The number of aromatic amines is 1. The van der Waals surface area contributed by atoms with Gasteiger partial charge in [-0.3, -0.25) is 9.59 Å². The van der Waals surface area contributed by atoms with Crippen molar-refractivity contribution in [2.24, 2.45) is 0 Å². The molecule has 0 aromatic carbocycles. The fraction of sp³-hybridized carbons (Fsp3) is 0.0909. The third-order valence-electron chi connectivity index (χ3n) is 2.38. The maximum Gasteiger partial charge on any atom is 0.166 e. The van der Waals surface area contributed by atoms with Gasteiger partial charge >= 0.3 is 0 Å². The molecular weight excluding hydrogens is 210 g/mol. The maximum absolute atomic E-state index is 10.9. The number of H-pyrrole nitrogens is 1. The molecule has 0 aliphatic heterocycles. The summed E-state index contributed by atoms with van der Waals surface area (Å²) in [5, 5.41) is 3.87. The summed E-state index contributed by atoms with van der Waals surface area (Å²) in [6.07, 6.45) is 1.52. The van der Waals surface area contributed by atoms with Crippen molar-refractivity contribution in [2.75, 3.05) is 0 Å². The van der Waals surface area contributed by atoms with Crippen LogP contribution in [0.1, 0.15) is 26.4 Å². The van der Waals surface area contributed by atoms with Crippen LogP contribution in [0.2, 0.25) is 0 Å². The first-order valence-corrected chi connectivity index (χ1v) is 5.37. The molecule has 0 unspecified atom stereocenters. The average molecular weight is 219 g/mol. The first-order chi connectivity index (χ1) is 7.27. The first kappa shape index (κ1) is 9.86. The minimum Gasteiger partial charge on any atom is -0.352 e. The van der Waals surface area contributed by atoms with Crippen molar-refractivity contribution in [1.82, 2.24) is 4.98 Å². The van der Waals surface area contributed by atoms with Gasteiger partial charge in [0.05, 0.1) is 11.4 Å². The summed E-state index contributed by atoms with van der Waals surface area (Å²) in [5.41, 5.74) is 3.42. The van der Waals surface area contributed by atoms with Gasteiger partial charge in [0.2, 0.25) is 0 Å². The molecule has 0 aliphatic rings. The highest BCUT2D eigenvalue weighted by atomic mass is 32.1. The van der Waals surface area contributed by atoms with Gasteiger partial charge in [-0.15, -0.1) is 0 Å². The van der Waals surface area contributed by atoms with E-state index in [9.17, 15) is 9.59 Å². The van der Waals surface area contributed by atoms with Crippen molar-refractivity contribution in [3.63, 3.8) is 0 Å². The van der Waals surface area contributed by atoms with Crippen LogP contribution in [-0.4, -0.2) is 17.6 Å². The zero-order valence-corrected chi connectivity index (χ0v) is 8.93. The molecule has 2 aromatic rings. The molecule has 0 atom stereocenters. The SMILES string of the molecule is Cc1c(C=O)[nH]c(-c2ccsc2)c1C=O. The zero-order valence-electron chi connectivity index (χ0n) is 8.11. The summed E-state index contributed by atoms with van der Waals surface area (Å²) in [5.74, 6) is 0. The molecular formula is C11H9NO2S. The highest BCUT2D eigenvalue weighted by Crippen LogP contribution is 2.27. The Balaban J connectivity index is 2.66. The summed E-state index contributed by atoms with van der Waals surface area (Å²) in [7, 11) is 0. The second-order valence-corrected chi connectivity index (χ2v) is 3.98. The Hall–Kier alpha value is -1.68. The predicted octanol–water partition coefficient (Wildman–Crippen LogP) is 2.68. The van der Waals surface area contributed by atoms with E-state index < -0.39 is 0 Å². The van der Waals surface area contributed by atoms with Gasteiger partial charge in [0.1, 0.15) is 0 Å². The zero-order chi connectivity index (χ0) is 10.8. The Labute approximate surface area is 90.8 Å². The van der Waals surface area contributed by atoms with Gasteiger partial charge < -0.3 is 4.98 Å². The number of carbonyl (C=O) groups excluding carboxylic acids is 2. The Morgan fingerprint density at radius 2 is 2.13 bits per heavy atom. The van der Waals surface area contributed by atoms with Crippen molar-refractivity contribution >= 4 is 23.9 Å². The van der Waals surface area contributed by atoms with Crippen LogP contribution in [0.5, 0.6) is 0 Å². The average Bonchev–Trinajstić information content (AvgIpc) is 2.84. The highest BCUT2D eigenvalue weighted by Gasteiger charge is 2.14. The van der Waals surface area contributed by atoms with E-state index in [4.69, 9.17) is 0 Å². The number of aldehydes is 2. The molecule has 0 aliphatic carbocycles. The second-order valence-electron chi connectivity index (χ2n) is 3.20. The van der Waals surface area contributed by atoms with E-state index in [1.165, 1.54) is 0 Å². The molecule has 1 N–H and O–H groups in total. The third-order valence-corrected chi connectivity index (χ3v) is 3.07. The lowest BCUT2D eigenvalue weighted by Crippen LogP contribution is -1.84. The van der Waals surface area contributed by atoms with E-state index in [0.717, 1.165) is 23.8 Å². The molecule has 0 saturated heterocycles. The van der Waals surface area contributed by atoms with Crippen LogP contribution >= 0.6 is 11.3 Å². The van der Waals surface area contributed by atoms with E-state index >= 15 is 0 Å². The summed E-state index contributed by atoms with van der Waals surface area (Å²) >= 11 is 1.55. The Kier molecular flexibility index (Phi) is 2.51. The van der Waals surface area contributed by atoms with Crippen LogP contribution in [0.3, 0.4) is 0 Å². The van der Waals surface area contributed by atoms with Gasteiger partial charge in [-0.05, 0) is 23.9 Å². The number of thiophene rings is 1. The highest BCUT2D eigenvalue weighted by molar-refractivity contribution is 7.08. The smallest absolute Gasteiger partial charge is 0.166 e. The Bertz CT molecular complexity index is 497. The molecule has 2 rings (SSSR count). The normalized spacial score (nSPS) is 10.2. The molecule has 0 radical (unpaired) electrons. The fourth-order valence-electron chi connectivity index (χ4n) is 1.53. The molecule has 76 valence electrons. The molecule has 0 fully saturated rings. The molecule has 0 bridgehead atoms. The van der Waals surface area contributed by atoms with Crippen molar-refractivity contribution in [3.8, 4) is 11.3 Å². The van der Waals surface area contributed by atoms with Crippen molar-refractivity contribution in [3.05, 3.63) is 33.6 Å². The number of rotatable bonds is 3. The summed E-state index contributed by atoms with van der Waals surface area (Å²) in [6, 6.07) is 1.91. The molecule has 0 spiro atoms. The molecule has 0 amide bonds. The van der Waals surface area contributed by atoms with Gasteiger partial charge in [0.15, 0.2) is 12.6 Å². The molecule has 4 heteroatoms. The molecule has 2 aromatic heterocycles. The lowest BCUT2D eigenvalue weighted by molar-refractivity contribution is 0.111. The quantitative estimate of drug-likeness (QED) is 0.807.